The topological polar surface area (TPSA) is 77.1 Å². The van der Waals surface area contributed by atoms with Crippen LogP contribution in [0, 0.1) is 5.92 Å². The first kappa shape index (κ1) is 20.0. The Balaban J connectivity index is 1.84. The van der Waals surface area contributed by atoms with Gasteiger partial charge in [-0.1, -0.05) is 0 Å². The largest absolute Gasteiger partial charge is 0.497 e. The first-order valence-electron chi connectivity index (χ1n) is 8.98. The predicted molar refractivity (Wildman–Crippen MR) is 98.6 cm³/mol. The van der Waals surface area contributed by atoms with Crippen molar-refractivity contribution in [3.05, 3.63) is 18.2 Å². The number of amides is 1. The van der Waals surface area contributed by atoms with Gasteiger partial charge in [-0.05, 0) is 38.4 Å². The lowest BCUT2D eigenvalue weighted by Gasteiger charge is -2.31. The molecule has 1 heterocycles. The van der Waals surface area contributed by atoms with Gasteiger partial charge in [-0.2, -0.15) is 0 Å². The molecule has 0 saturated carbocycles. The molecule has 26 heavy (non-hydrogen) atoms. The molecule has 1 fully saturated rings. The van der Waals surface area contributed by atoms with Gasteiger partial charge in [0.1, 0.15) is 11.5 Å². The van der Waals surface area contributed by atoms with E-state index < -0.39 is 0 Å². The van der Waals surface area contributed by atoms with Crippen LogP contribution < -0.4 is 14.8 Å². The number of carbonyl (C=O) groups is 2. The number of piperidine rings is 1. The average molecular weight is 364 g/mol. The summed E-state index contributed by atoms with van der Waals surface area (Å²) in [6, 6.07) is 5.25. The molecular formula is C19H28N2O5. The molecule has 1 amide bonds. The summed E-state index contributed by atoms with van der Waals surface area (Å²) in [7, 11) is 3.13. The molecule has 1 N–H and O–H groups in total. The maximum atomic E-state index is 12.3. The lowest BCUT2D eigenvalue weighted by Crippen LogP contribution is -2.40. The minimum absolute atomic E-state index is 0.0894. The van der Waals surface area contributed by atoms with E-state index in [1.165, 1.54) is 0 Å². The number of likely N-dealkylation sites (tertiary alicyclic amines) is 1. The van der Waals surface area contributed by atoms with Crippen molar-refractivity contribution < 1.29 is 23.8 Å². The number of carbonyl (C=O) groups excluding carboxylic acids is 2. The average Bonchev–Trinajstić information content (AvgIpc) is 2.67. The molecule has 0 radical (unpaired) electrons. The molecule has 1 aliphatic heterocycles. The number of rotatable bonds is 8. The van der Waals surface area contributed by atoms with Gasteiger partial charge >= 0.3 is 5.97 Å². The summed E-state index contributed by atoms with van der Waals surface area (Å²) in [5.41, 5.74) is 0.612. The van der Waals surface area contributed by atoms with Crippen molar-refractivity contribution in [3.8, 4) is 11.5 Å². The van der Waals surface area contributed by atoms with Gasteiger partial charge in [0.25, 0.3) is 0 Å². The zero-order valence-electron chi connectivity index (χ0n) is 15.7. The van der Waals surface area contributed by atoms with Crippen molar-refractivity contribution >= 4 is 17.6 Å². The van der Waals surface area contributed by atoms with E-state index in [-0.39, 0.29) is 17.8 Å². The van der Waals surface area contributed by atoms with E-state index in [0.29, 0.717) is 43.3 Å². The third-order valence-electron chi connectivity index (χ3n) is 4.46. The van der Waals surface area contributed by atoms with E-state index in [2.05, 4.69) is 10.2 Å². The SMILES string of the molecule is CCOC(=O)[C@H]1CCCN(CCC(=O)Nc2ccc(OC)cc2OC)C1. The van der Waals surface area contributed by atoms with Crippen molar-refractivity contribution in [2.45, 2.75) is 26.2 Å². The number of nitrogens with one attached hydrogen (secondary N) is 1. The highest BCUT2D eigenvalue weighted by Crippen LogP contribution is 2.29. The maximum absolute atomic E-state index is 12.3. The second kappa shape index (κ2) is 10.0. The minimum atomic E-state index is -0.135. The van der Waals surface area contributed by atoms with E-state index in [0.717, 1.165) is 19.4 Å². The number of nitrogens with zero attached hydrogens (tertiary/aromatic N) is 1. The van der Waals surface area contributed by atoms with Crippen LogP contribution >= 0.6 is 0 Å². The number of methoxy groups -OCH3 is 2. The van der Waals surface area contributed by atoms with Crippen LogP contribution in [0.15, 0.2) is 18.2 Å². The molecule has 1 aromatic carbocycles. The van der Waals surface area contributed by atoms with Gasteiger partial charge in [-0.15, -0.1) is 0 Å². The third kappa shape index (κ3) is 5.62. The van der Waals surface area contributed by atoms with Gasteiger partial charge in [0.15, 0.2) is 0 Å². The normalized spacial score (nSPS) is 17.4. The summed E-state index contributed by atoms with van der Waals surface area (Å²) in [5.74, 6) is 0.904. The van der Waals surface area contributed by atoms with Crippen molar-refractivity contribution in [1.82, 2.24) is 4.90 Å². The quantitative estimate of drug-likeness (QED) is 0.714. The molecule has 0 bridgehead atoms. The molecule has 7 heteroatoms. The van der Waals surface area contributed by atoms with Crippen LogP contribution in [0.25, 0.3) is 0 Å². The lowest BCUT2D eigenvalue weighted by molar-refractivity contribution is -0.149. The van der Waals surface area contributed by atoms with Crippen LogP contribution in [0.1, 0.15) is 26.2 Å². The van der Waals surface area contributed by atoms with Gasteiger partial charge in [0.2, 0.25) is 5.91 Å². The van der Waals surface area contributed by atoms with Crippen molar-refractivity contribution in [2.75, 3.05) is 45.8 Å². The number of ether oxygens (including phenoxy) is 3. The minimum Gasteiger partial charge on any atom is -0.497 e. The van der Waals surface area contributed by atoms with Crippen molar-refractivity contribution in [1.29, 1.82) is 0 Å². The number of anilines is 1. The standard InChI is InChI=1S/C19H28N2O5/c1-4-26-19(23)14-6-5-10-21(13-14)11-9-18(22)20-16-8-7-15(24-2)12-17(16)25-3/h7-8,12,14H,4-6,9-11,13H2,1-3H3,(H,20,22)/t14-/m0/s1. The monoisotopic (exact) mass is 364 g/mol. The third-order valence-corrected chi connectivity index (χ3v) is 4.46. The Hall–Kier alpha value is -2.28. The first-order chi connectivity index (χ1) is 12.6. The zero-order chi connectivity index (χ0) is 18.9. The van der Waals surface area contributed by atoms with Crippen LogP contribution in [0.4, 0.5) is 5.69 Å². The summed E-state index contributed by atoms with van der Waals surface area (Å²) in [4.78, 5) is 26.3. The van der Waals surface area contributed by atoms with E-state index >= 15 is 0 Å². The second-order valence-corrected chi connectivity index (χ2v) is 6.26. The summed E-state index contributed by atoms with van der Waals surface area (Å²) in [6.07, 6.45) is 2.15. The second-order valence-electron chi connectivity index (χ2n) is 6.26. The molecule has 144 valence electrons. The lowest BCUT2D eigenvalue weighted by atomic mass is 9.98. The number of esters is 1. The Morgan fingerprint density at radius 1 is 1.27 bits per heavy atom. The zero-order valence-corrected chi connectivity index (χ0v) is 15.7. The predicted octanol–water partition coefficient (Wildman–Crippen LogP) is 2.31. The summed E-state index contributed by atoms with van der Waals surface area (Å²) >= 11 is 0. The maximum Gasteiger partial charge on any atom is 0.310 e. The molecule has 1 atom stereocenters. The first-order valence-corrected chi connectivity index (χ1v) is 8.98. The Bertz CT molecular complexity index is 620. The van der Waals surface area contributed by atoms with E-state index in [1.54, 1.807) is 32.4 Å². The number of benzene rings is 1. The van der Waals surface area contributed by atoms with Gasteiger partial charge in [0.05, 0.1) is 32.4 Å². The number of hydrogen-bond acceptors (Lipinski definition) is 6. The van der Waals surface area contributed by atoms with E-state index in [1.807, 2.05) is 6.92 Å². The summed E-state index contributed by atoms with van der Waals surface area (Å²) in [6.45, 7) is 4.38. The van der Waals surface area contributed by atoms with Gasteiger partial charge in [-0.25, -0.2) is 0 Å². The van der Waals surface area contributed by atoms with Gasteiger partial charge in [0, 0.05) is 25.6 Å². The Kier molecular flexibility index (Phi) is 7.72. The Morgan fingerprint density at radius 2 is 2.08 bits per heavy atom. The van der Waals surface area contributed by atoms with Crippen LogP contribution in [0.3, 0.4) is 0 Å². The number of hydrogen-bond donors (Lipinski definition) is 1. The molecule has 1 aliphatic rings. The Morgan fingerprint density at radius 3 is 2.77 bits per heavy atom. The van der Waals surface area contributed by atoms with Crippen molar-refractivity contribution in [2.24, 2.45) is 5.92 Å². The highest BCUT2D eigenvalue weighted by Gasteiger charge is 2.26. The van der Waals surface area contributed by atoms with Crippen molar-refractivity contribution in [3.63, 3.8) is 0 Å². The highest BCUT2D eigenvalue weighted by molar-refractivity contribution is 5.92. The summed E-state index contributed by atoms with van der Waals surface area (Å²) in [5, 5.41) is 2.87. The van der Waals surface area contributed by atoms with E-state index in [4.69, 9.17) is 14.2 Å². The molecule has 0 unspecified atom stereocenters. The van der Waals surface area contributed by atoms with Gasteiger partial charge < -0.3 is 24.4 Å². The van der Waals surface area contributed by atoms with Crippen LogP contribution in [0.2, 0.25) is 0 Å². The van der Waals surface area contributed by atoms with Crippen LogP contribution in [-0.4, -0.2) is 57.2 Å². The molecule has 7 nitrogen and oxygen atoms in total. The molecule has 1 aromatic rings. The fourth-order valence-corrected chi connectivity index (χ4v) is 3.09. The molecular weight excluding hydrogens is 336 g/mol. The molecule has 0 aliphatic carbocycles. The molecule has 0 spiro atoms. The molecule has 0 aromatic heterocycles. The Labute approximate surface area is 154 Å². The fraction of sp³-hybridized carbons (Fsp3) is 0.579. The van der Waals surface area contributed by atoms with Crippen LogP contribution in [-0.2, 0) is 14.3 Å². The smallest absolute Gasteiger partial charge is 0.310 e. The fourth-order valence-electron chi connectivity index (χ4n) is 3.09. The van der Waals surface area contributed by atoms with Gasteiger partial charge in [-0.3, -0.25) is 9.59 Å². The molecule has 1 saturated heterocycles. The molecule has 2 rings (SSSR count). The highest BCUT2D eigenvalue weighted by atomic mass is 16.5. The van der Waals surface area contributed by atoms with Crippen LogP contribution in [0.5, 0.6) is 11.5 Å². The summed E-state index contributed by atoms with van der Waals surface area (Å²) < 4.78 is 15.6. The van der Waals surface area contributed by atoms with E-state index in [9.17, 15) is 9.59 Å².